The summed E-state index contributed by atoms with van der Waals surface area (Å²) >= 11 is 0. The van der Waals surface area contributed by atoms with Gasteiger partial charge in [0.15, 0.2) is 0 Å². The predicted molar refractivity (Wildman–Crippen MR) is 135 cm³/mol. The summed E-state index contributed by atoms with van der Waals surface area (Å²) in [7, 11) is -6.20. The normalized spacial score (nSPS) is 22.2. The molecule has 2 aliphatic rings. The lowest BCUT2D eigenvalue weighted by Crippen LogP contribution is -2.67. The summed E-state index contributed by atoms with van der Waals surface area (Å²) in [5.41, 5.74) is 0.936. The SMILES string of the molecule is CC(C)(C)[Si](OC[C@@H]1CC[C@@H]2c3ccccc3S(=O)(=O)N12)(c1ccccc1)c1ccccc1. The summed E-state index contributed by atoms with van der Waals surface area (Å²) in [5.74, 6) is 0. The van der Waals surface area contributed by atoms with Crippen LogP contribution in [0.1, 0.15) is 45.2 Å². The third kappa shape index (κ3) is 3.51. The van der Waals surface area contributed by atoms with Gasteiger partial charge in [0.05, 0.1) is 17.5 Å². The van der Waals surface area contributed by atoms with E-state index in [1.54, 1.807) is 10.4 Å². The summed E-state index contributed by atoms with van der Waals surface area (Å²) in [6, 6.07) is 28.3. The molecule has 6 heteroatoms. The van der Waals surface area contributed by atoms with Gasteiger partial charge in [-0.1, -0.05) is 99.6 Å². The maximum atomic E-state index is 13.4. The van der Waals surface area contributed by atoms with E-state index in [9.17, 15) is 8.42 Å². The number of rotatable bonds is 5. The fourth-order valence-corrected chi connectivity index (χ4v) is 12.4. The molecule has 172 valence electrons. The molecule has 2 heterocycles. The first-order valence-electron chi connectivity index (χ1n) is 11.6. The fraction of sp³-hybridized carbons (Fsp3) is 0.333. The molecule has 2 aliphatic heterocycles. The molecule has 0 amide bonds. The Bertz CT molecular complexity index is 1200. The van der Waals surface area contributed by atoms with Crippen molar-refractivity contribution in [2.24, 2.45) is 0 Å². The van der Waals surface area contributed by atoms with Gasteiger partial charge in [-0.3, -0.25) is 0 Å². The lowest BCUT2D eigenvalue weighted by atomic mass is 10.1. The third-order valence-corrected chi connectivity index (χ3v) is 14.2. The second-order valence-corrected chi connectivity index (χ2v) is 16.2. The van der Waals surface area contributed by atoms with Gasteiger partial charge in [0.25, 0.3) is 8.32 Å². The molecular formula is C27H31NO3SSi. The van der Waals surface area contributed by atoms with E-state index in [0.717, 1.165) is 18.4 Å². The summed E-state index contributed by atoms with van der Waals surface area (Å²) in [5, 5.41) is 2.29. The molecule has 3 aromatic rings. The Hall–Kier alpha value is -2.25. The molecule has 4 nitrogen and oxygen atoms in total. The summed E-state index contributed by atoms with van der Waals surface area (Å²) < 4.78 is 35.7. The number of benzene rings is 3. The van der Waals surface area contributed by atoms with Crippen LogP contribution in [0.15, 0.2) is 89.8 Å². The zero-order chi connectivity index (χ0) is 23.3. The second-order valence-electron chi connectivity index (χ2n) is 10.1. The van der Waals surface area contributed by atoms with Crippen molar-refractivity contribution < 1.29 is 12.8 Å². The van der Waals surface area contributed by atoms with Gasteiger partial charge in [-0.15, -0.1) is 0 Å². The largest absolute Gasteiger partial charge is 0.406 e. The van der Waals surface area contributed by atoms with Crippen LogP contribution in [-0.2, 0) is 14.4 Å². The molecule has 1 fully saturated rings. The molecule has 1 saturated heterocycles. The van der Waals surface area contributed by atoms with E-state index in [1.807, 2.05) is 30.3 Å². The smallest absolute Gasteiger partial charge is 0.261 e. The highest BCUT2D eigenvalue weighted by Gasteiger charge is 2.53. The quantitative estimate of drug-likeness (QED) is 0.510. The van der Waals surface area contributed by atoms with Gasteiger partial charge in [-0.25, -0.2) is 8.42 Å². The summed E-state index contributed by atoms with van der Waals surface area (Å²) in [6.45, 7) is 7.15. The Kier molecular flexibility index (Phi) is 5.60. The van der Waals surface area contributed by atoms with Gasteiger partial charge in [0.2, 0.25) is 10.0 Å². The minimum absolute atomic E-state index is 0.0704. The Balaban J connectivity index is 1.54. The molecule has 0 unspecified atom stereocenters. The standard InChI is InChI=1S/C27H31NO3SSi/c1-27(2,3)33(22-12-6-4-7-13-22,23-14-8-5-9-15-23)31-20-21-18-19-25-24-16-10-11-17-26(24)32(29,30)28(21)25/h4-17,21,25H,18-20H2,1-3H3/t21-,25+/m0/s1. The van der Waals surface area contributed by atoms with E-state index < -0.39 is 18.3 Å². The lowest BCUT2D eigenvalue weighted by Gasteiger charge is -2.44. The molecule has 3 aromatic carbocycles. The topological polar surface area (TPSA) is 46.6 Å². The van der Waals surface area contributed by atoms with Crippen LogP contribution in [0.5, 0.6) is 0 Å². The van der Waals surface area contributed by atoms with Crippen LogP contribution in [0.4, 0.5) is 0 Å². The molecule has 0 bridgehead atoms. The molecule has 33 heavy (non-hydrogen) atoms. The van der Waals surface area contributed by atoms with Crippen molar-refractivity contribution in [3.63, 3.8) is 0 Å². The van der Waals surface area contributed by atoms with Crippen molar-refractivity contribution in [2.45, 2.75) is 55.6 Å². The zero-order valence-corrected chi connectivity index (χ0v) is 21.3. The average Bonchev–Trinajstić information content (AvgIpc) is 3.33. The minimum atomic E-state index is -3.50. The minimum Gasteiger partial charge on any atom is -0.406 e. The predicted octanol–water partition coefficient (Wildman–Crippen LogP) is 4.47. The molecule has 0 aliphatic carbocycles. The molecule has 5 rings (SSSR count). The first kappa shape index (κ1) is 22.5. The van der Waals surface area contributed by atoms with Crippen LogP contribution >= 0.6 is 0 Å². The molecule has 0 N–H and O–H groups in total. The molecule has 2 atom stereocenters. The highest BCUT2D eigenvalue weighted by atomic mass is 32.2. The Labute approximate surface area is 198 Å². The Morgan fingerprint density at radius 2 is 1.39 bits per heavy atom. The Morgan fingerprint density at radius 1 is 0.848 bits per heavy atom. The van der Waals surface area contributed by atoms with E-state index >= 15 is 0 Å². The molecule has 0 aromatic heterocycles. The van der Waals surface area contributed by atoms with Crippen LogP contribution in [0.3, 0.4) is 0 Å². The second kappa shape index (κ2) is 8.20. The fourth-order valence-electron chi connectivity index (χ4n) is 5.76. The molecule has 0 saturated carbocycles. The van der Waals surface area contributed by atoms with Gasteiger partial charge in [-0.05, 0) is 39.9 Å². The highest BCUT2D eigenvalue weighted by molar-refractivity contribution is 7.89. The monoisotopic (exact) mass is 477 g/mol. The van der Waals surface area contributed by atoms with Crippen LogP contribution in [0, 0.1) is 0 Å². The van der Waals surface area contributed by atoms with Crippen molar-refractivity contribution in [2.75, 3.05) is 6.61 Å². The lowest BCUT2D eigenvalue weighted by molar-refractivity contribution is 0.209. The zero-order valence-electron chi connectivity index (χ0n) is 19.4. The van der Waals surface area contributed by atoms with E-state index in [4.69, 9.17) is 4.43 Å². The van der Waals surface area contributed by atoms with Crippen molar-refractivity contribution in [3.05, 3.63) is 90.5 Å². The van der Waals surface area contributed by atoms with Gasteiger partial charge >= 0.3 is 0 Å². The number of fused-ring (bicyclic) bond motifs is 3. The van der Waals surface area contributed by atoms with Crippen LogP contribution < -0.4 is 10.4 Å². The van der Waals surface area contributed by atoms with Gasteiger partial charge in [0.1, 0.15) is 0 Å². The van der Waals surface area contributed by atoms with Gasteiger partial charge < -0.3 is 4.43 Å². The first-order valence-corrected chi connectivity index (χ1v) is 15.0. The van der Waals surface area contributed by atoms with Crippen LogP contribution in [0.25, 0.3) is 0 Å². The number of hydrogen-bond acceptors (Lipinski definition) is 3. The van der Waals surface area contributed by atoms with E-state index in [0.29, 0.717) is 11.5 Å². The molecular weight excluding hydrogens is 446 g/mol. The van der Waals surface area contributed by atoms with Gasteiger partial charge in [0, 0.05) is 6.04 Å². The van der Waals surface area contributed by atoms with Crippen molar-refractivity contribution in [1.82, 2.24) is 4.31 Å². The first-order chi connectivity index (χ1) is 15.8. The average molecular weight is 478 g/mol. The van der Waals surface area contributed by atoms with Crippen LogP contribution in [-0.4, -0.2) is 33.7 Å². The number of sulfonamides is 1. The molecule has 0 radical (unpaired) electrons. The van der Waals surface area contributed by atoms with Crippen LogP contribution in [0.2, 0.25) is 5.04 Å². The maximum Gasteiger partial charge on any atom is 0.261 e. The number of nitrogens with zero attached hydrogens (tertiary/aromatic N) is 1. The van der Waals surface area contributed by atoms with Crippen molar-refractivity contribution in [3.8, 4) is 0 Å². The molecule has 0 spiro atoms. The van der Waals surface area contributed by atoms with Gasteiger partial charge in [-0.2, -0.15) is 4.31 Å². The van der Waals surface area contributed by atoms with E-state index in [2.05, 4.69) is 69.3 Å². The van der Waals surface area contributed by atoms with E-state index in [1.165, 1.54) is 10.4 Å². The Morgan fingerprint density at radius 3 is 1.97 bits per heavy atom. The maximum absolute atomic E-state index is 13.4. The number of hydrogen-bond donors (Lipinski definition) is 0. The third-order valence-electron chi connectivity index (χ3n) is 7.18. The summed E-state index contributed by atoms with van der Waals surface area (Å²) in [6.07, 6.45) is 1.65. The highest BCUT2D eigenvalue weighted by Crippen LogP contribution is 2.48. The van der Waals surface area contributed by atoms with Crippen molar-refractivity contribution in [1.29, 1.82) is 0 Å². The van der Waals surface area contributed by atoms with Crippen molar-refractivity contribution >= 4 is 28.7 Å². The van der Waals surface area contributed by atoms with E-state index in [-0.39, 0.29) is 17.1 Å². The summed E-state index contributed by atoms with van der Waals surface area (Å²) in [4.78, 5) is 0.463.